The van der Waals surface area contributed by atoms with E-state index in [-0.39, 0.29) is 0 Å². The number of anilines is 2. The fourth-order valence-corrected chi connectivity index (χ4v) is 3.31. The summed E-state index contributed by atoms with van der Waals surface area (Å²) in [4.78, 5) is 2.52. The van der Waals surface area contributed by atoms with E-state index in [2.05, 4.69) is 55.1 Å². The quantitative estimate of drug-likeness (QED) is 0.824. The molecule has 20 heavy (non-hydrogen) atoms. The molecule has 1 saturated heterocycles. The van der Waals surface area contributed by atoms with Crippen LogP contribution in [-0.4, -0.2) is 6.54 Å². The van der Waals surface area contributed by atoms with Crippen molar-refractivity contribution in [2.24, 2.45) is 0 Å². The molecular weight excluding hydrogens is 244 g/mol. The number of nitrogen functional groups attached to an aromatic ring is 1. The van der Waals surface area contributed by atoms with Crippen molar-refractivity contribution in [3.63, 3.8) is 0 Å². The molecular formula is C18H22N2. The van der Waals surface area contributed by atoms with Gasteiger partial charge in [-0.2, -0.15) is 0 Å². The lowest BCUT2D eigenvalue weighted by Gasteiger charge is -2.28. The first kappa shape index (κ1) is 13.0. The molecule has 0 saturated carbocycles. The molecule has 1 aliphatic heterocycles. The molecule has 0 aliphatic carbocycles. The van der Waals surface area contributed by atoms with E-state index in [9.17, 15) is 0 Å². The van der Waals surface area contributed by atoms with Crippen LogP contribution < -0.4 is 10.6 Å². The highest BCUT2D eigenvalue weighted by Gasteiger charge is 2.26. The van der Waals surface area contributed by atoms with Crippen LogP contribution in [0.15, 0.2) is 42.5 Å². The Morgan fingerprint density at radius 1 is 1.05 bits per heavy atom. The van der Waals surface area contributed by atoms with E-state index >= 15 is 0 Å². The zero-order valence-electron chi connectivity index (χ0n) is 12.3. The molecule has 0 radical (unpaired) electrons. The molecule has 1 unspecified atom stereocenters. The van der Waals surface area contributed by atoms with Gasteiger partial charge < -0.3 is 10.6 Å². The molecule has 1 aliphatic rings. The Bertz CT molecular complexity index is 598. The maximum Gasteiger partial charge on any atom is 0.0543 e. The third-order valence-corrected chi connectivity index (χ3v) is 4.09. The minimum absolute atomic E-state index is 0.458. The molecule has 1 fully saturated rings. The first-order chi connectivity index (χ1) is 9.63. The second kappa shape index (κ2) is 5.20. The zero-order valence-corrected chi connectivity index (χ0v) is 12.3. The molecule has 0 amide bonds. The SMILES string of the molecule is Cc1cc(C)cc(N2CCCC2c2cccc(N)c2)c1. The lowest BCUT2D eigenvalue weighted by atomic mass is 10.0. The summed E-state index contributed by atoms with van der Waals surface area (Å²) >= 11 is 0. The predicted molar refractivity (Wildman–Crippen MR) is 86.1 cm³/mol. The lowest BCUT2D eigenvalue weighted by Crippen LogP contribution is -2.22. The van der Waals surface area contributed by atoms with Crippen LogP contribution in [0.5, 0.6) is 0 Å². The summed E-state index contributed by atoms with van der Waals surface area (Å²) in [6.07, 6.45) is 2.45. The van der Waals surface area contributed by atoms with E-state index in [0.29, 0.717) is 6.04 Å². The lowest BCUT2D eigenvalue weighted by molar-refractivity contribution is 0.719. The Morgan fingerprint density at radius 2 is 1.80 bits per heavy atom. The van der Waals surface area contributed by atoms with E-state index in [1.165, 1.54) is 35.2 Å². The molecule has 2 aromatic carbocycles. The minimum Gasteiger partial charge on any atom is -0.399 e. The van der Waals surface area contributed by atoms with Crippen LogP contribution in [0.3, 0.4) is 0 Å². The van der Waals surface area contributed by atoms with Crippen molar-refractivity contribution in [1.82, 2.24) is 0 Å². The summed E-state index contributed by atoms with van der Waals surface area (Å²) < 4.78 is 0. The molecule has 2 nitrogen and oxygen atoms in total. The summed E-state index contributed by atoms with van der Waals surface area (Å²) in [6.45, 7) is 5.46. The van der Waals surface area contributed by atoms with E-state index in [4.69, 9.17) is 5.73 Å². The molecule has 1 atom stereocenters. The Balaban J connectivity index is 1.96. The molecule has 2 N–H and O–H groups in total. The van der Waals surface area contributed by atoms with Gasteiger partial charge in [0.25, 0.3) is 0 Å². The fourth-order valence-electron chi connectivity index (χ4n) is 3.31. The molecule has 3 rings (SSSR count). The van der Waals surface area contributed by atoms with Gasteiger partial charge in [-0.1, -0.05) is 18.2 Å². The second-order valence-electron chi connectivity index (χ2n) is 5.87. The van der Waals surface area contributed by atoms with Crippen molar-refractivity contribution in [2.45, 2.75) is 32.7 Å². The van der Waals surface area contributed by atoms with Gasteiger partial charge in [0.05, 0.1) is 6.04 Å². The number of benzene rings is 2. The summed E-state index contributed by atoms with van der Waals surface area (Å²) in [5.41, 5.74) is 12.1. The smallest absolute Gasteiger partial charge is 0.0543 e. The predicted octanol–water partition coefficient (Wildman–Crippen LogP) is 4.23. The maximum absolute atomic E-state index is 5.94. The van der Waals surface area contributed by atoms with Gasteiger partial charge in [-0.3, -0.25) is 0 Å². The number of rotatable bonds is 2. The number of hydrogen-bond donors (Lipinski definition) is 1. The van der Waals surface area contributed by atoms with E-state index < -0.39 is 0 Å². The molecule has 2 heteroatoms. The van der Waals surface area contributed by atoms with Crippen LogP contribution in [0.2, 0.25) is 0 Å². The van der Waals surface area contributed by atoms with Gasteiger partial charge in [0.2, 0.25) is 0 Å². The van der Waals surface area contributed by atoms with E-state index in [1.54, 1.807) is 0 Å². The topological polar surface area (TPSA) is 29.3 Å². The van der Waals surface area contributed by atoms with Crippen LogP contribution in [0.1, 0.15) is 35.6 Å². The third kappa shape index (κ3) is 2.51. The van der Waals surface area contributed by atoms with Crippen LogP contribution in [0.25, 0.3) is 0 Å². The van der Waals surface area contributed by atoms with Crippen molar-refractivity contribution < 1.29 is 0 Å². The van der Waals surface area contributed by atoms with Crippen molar-refractivity contribution >= 4 is 11.4 Å². The molecule has 0 spiro atoms. The highest BCUT2D eigenvalue weighted by molar-refractivity contribution is 5.54. The Morgan fingerprint density at radius 3 is 2.50 bits per heavy atom. The average Bonchev–Trinajstić information content (AvgIpc) is 2.86. The number of nitrogens with two attached hydrogens (primary N) is 1. The maximum atomic E-state index is 5.94. The van der Waals surface area contributed by atoms with Crippen LogP contribution in [-0.2, 0) is 0 Å². The van der Waals surface area contributed by atoms with Crippen molar-refractivity contribution in [3.8, 4) is 0 Å². The first-order valence-electron chi connectivity index (χ1n) is 7.34. The zero-order chi connectivity index (χ0) is 14.1. The van der Waals surface area contributed by atoms with Crippen LogP contribution in [0.4, 0.5) is 11.4 Å². The first-order valence-corrected chi connectivity index (χ1v) is 7.34. The Labute approximate surface area is 121 Å². The highest BCUT2D eigenvalue weighted by atomic mass is 15.2. The molecule has 104 valence electrons. The van der Waals surface area contributed by atoms with Gasteiger partial charge >= 0.3 is 0 Å². The van der Waals surface area contributed by atoms with E-state index in [1.807, 2.05) is 6.07 Å². The Kier molecular flexibility index (Phi) is 3.39. The number of nitrogens with zero attached hydrogens (tertiary/aromatic N) is 1. The van der Waals surface area contributed by atoms with Gasteiger partial charge in [-0.15, -0.1) is 0 Å². The molecule has 2 aromatic rings. The van der Waals surface area contributed by atoms with Crippen molar-refractivity contribution in [1.29, 1.82) is 0 Å². The fraction of sp³-hybridized carbons (Fsp3) is 0.333. The Hall–Kier alpha value is -1.96. The summed E-state index contributed by atoms with van der Waals surface area (Å²) in [5.74, 6) is 0. The van der Waals surface area contributed by atoms with Crippen LogP contribution >= 0.6 is 0 Å². The minimum atomic E-state index is 0.458. The van der Waals surface area contributed by atoms with Gasteiger partial charge in [0, 0.05) is 17.9 Å². The largest absolute Gasteiger partial charge is 0.399 e. The van der Waals surface area contributed by atoms with E-state index in [0.717, 1.165) is 12.2 Å². The van der Waals surface area contributed by atoms with Gasteiger partial charge in [0.15, 0.2) is 0 Å². The average molecular weight is 266 g/mol. The molecule has 1 heterocycles. The highest BCUT2D eigenvalue weighted by Crippen LogP contribution is 2.37. The summed E-state index contributed by atoms with van der Waals surface area (Å²) in [7, 11) is 0. The van der Waals surface area contributed by atoms with Gasteiger partial charge in [-0.25, -0.2) is 0 Å². The number of hydrogen-bond acceptors (Lipinski definition) is 2. The second-order valence-corrected chi connectivity index (χ2v) is 5.87. The van der Waals surface area contributed by atoms with Crippen molar-refractivity contribution in [2.75, 3.05) is 17.2 Å². The normalized spacial score (nSPS) is 18.5. The summed E-state index contributed by atoms with van der Waals surface area (Å²) in [6, 6.07) is 15.6. The monoisotopic (exact) mass is 266 g/mol. The van der Waals surface area contributed by atoms with Gasteiger partial charge in [-0.05, 0) is 67.6 Å². The van der Waals surface area contributed by atoms with Crippen LogP contribution in [0, 0.1) is 13.8 Å². The number of aryl methyl sites for hydroxylation is 2. The molecule has 0 aromatic heterocycles. The van der Waals surface area contributed by atoms with Crippen molar-refractivity contribution in [3.05, 3.63) is 59.2 Å². The third-order valence-electron chi connectivity index (χ3n) is 4.09. The van der Waals surface area contributed by atoms with Gasteiger partial charge in [0.1, 0.15) is 0 Å². The standard InChI is InChI=1S/C18H22N2/c1-13-9-14(2)11-17(10-13)20-8-4-7-18(20)15-5-3-6-16(19)12-15/h3,5-6,9-12,18H,4,7-8,19H2,1-2H3. The molecule has 0 bridgehead atoms. The summed E-state index contributed by atoms with van der Waals surface area (Å²) in [5, 5.41) is 0.